The minimum absolute atomic E-state index is 0.0971. The van der Waals surface area contributed by atoms with Gasteiger partial charge in [0.25, 0.3) is 0 Å². The zero-order valence-corrected chi connectivity index (χ0v) is 19.5. The Balaban J connectivity index is 1.71. The van der Waals surface area contributed by atoms with Crippen LogP contribution in [0.5, 0.6) is 0 Å². The minimum atomic E-state index is -4.51. The minimum Gasteiger partial charge on any atom is -0.383 e. The van der Waals surface area contributed by atoms with Gasteiger partial charge in [0, 0.05) is 56.1 Å². The van der Waals surface area contributed by atoms with Gasteiger partial charge in [0.05, 0.1) is 10.9 Å². The number of hydrogen-bond donors (Lipinski definition) is 1. The lowest BCUT2D eigenvalue weighted by Gasteiger charge is -2.24. The predicted octanol–water partition coefficient (Wildman–Crippen LogP) is 4.34. The van der Waals surface area contributed by atoms with E-state index in [1.165, 1.54) is 18.5 Å². The summed E-state index contributed by atoms with van der Waals surface area (Å²) >= 11 is 0. The summed E-state index contributed by atoms with van der Waals surface area (Å²) < 4.78 is 44.6. The number of carbonyl (C=O) groups excluding carboxylic acids is 1. The van der Waals surface area contributed by atoms with Gasteiger partial charge in [-0.3, -0.25) is 4.79 Å². The normalized spacial score (nSPS) is 18.6. The molecule has 2 N–H and O–H groups in total. The first-order valence-corrected chi connectivity index (χ1v) is 11.7. The predicted molar refractivity (Wildman–Crippen MR) is 129 cm³/mol. The van der Waals surface area contributed by atoms with Crippen LogP contribution >= 0.6 is 0 Å². The smallest absolute Gasteiger partial charge is 0.383 e. The van der Waals surface area contributed by atoms with Gasteiger partial charge in [-0.2, -0.15) is 13.2 Å². The molecular formula is C25H27F3N6O. The highest BCUT2D eigenvalue weighted by atomic mass is 19.4. The number of carbonyl (C=O) groups is 1. The number of aryl methyl sites for hydroxylation is 1. The van der Waals surface area contributed by atoms with Crippen LogP contribution in [0.15, 0.2) is 37.2 Å². The van der Waals surface area contributed by atoms with Gasteiger partial charge in [-0.15, -0.1) is 0 Å². The van der Waals surface area contributed by atoms with Crippen molar-refractivity contribution in [3.05, 3.63) is 48.4 Å². The number of alkyl halides is 3. The maximum atomic E-state index is 14.2. The van der Waals surface area contributed by atoms with Crippen molar-refractivity contribution in [2.24, 2.45) is 7.05 Å². The molecule has 2 saturated heterocycles. The van der Waals surface area contributed by atoms with Crippen LogP contribution in [0.1, 0.15) is 36.4 Å². The molecule has 2 fully saturated rings. The Morgan fingerprint density at radius 1 is 1.20 bits per heavy atom. The number of benzene rings is 1. The third-order valence-electron chi connectivity index (χ3n) is 7.14. The molecule has 2 aliphatic rings. The van der Waals surface area contributed by atoms with Gasteiger partial charge in [0.2, 0.25) is 5.91 Å². The van der Waals surface area contributed by atoms with Crippen LogP contribution in [0.25, 0.3) is 22.2 Å². The maximum Gasteiger partial charge on any atom is 0.418 e. The number of anilines is 2. The first-order valence-electron chi connectivity index (χ1n) is 11.7. The van der Waals surface area contributed by atoms with Gasteiger partial charge in [-0.25, -0.2) is 9.97 Å². The molecule has 1 aromatic carbocycles. The molecule has 0 spiro atoms. The van der Waals surface area contributed by atoms with Crippen molar-refractivity contribution in [3.63, 3.8) is 0 Å². The summed E-state index contributed by atoms with van der Waals surface area (Å²) in [7, 11) is 1.83. The van der Waals surface area contributed by atoms with Crippen LogP contribution in [0.4, 0.5) is 24.7 Å². The number of halogens is 3. The largest absolute Gasteiger partial charge is 0.418 e. The number of fused-ring (bicyclic) bond motifs is 1. The summed E-state index contributed by atoms with van der Waals surface area (Å²) in [6.45, 7) is 5.76. The quantitative estimate of drug-likeness (QED) is 0.558. The molecule has 4 heterocycles. The lowest BCUT2D eigenvalue weighted by Crippen LogP contribution is -2.26. The van der Waals surface area contributed by atoms with E-state index < -0.39 is 11.7 Å². The maximum absolute atomic E-state index is 14.2. The summed E-state index contributed by atoms with van der Waals surface area (Å²) in [4.78, 5) is 24.2. The van der Waals surface area contributed by atoms with Crippen molar-refractivity contribution in [2.45, 2.75) is 31.4 Å². The number of amides is 1. The third-order valence-corrected chi connectivity index (χ3v) is 7.14. The van der Waals surface area contributed by atoms with Crippen LogP contribution in [0.3, 0.4) is 0 Å². The fourth-order valence-corrected chi connectivity index (χ4v) is 5.53. The summed E-state index contributed by atoms with van der Waals surface area (Å²) in [6.07, 6.45) is 0.541. The summed E-state index contributed by atoms with van der Waals surface area (Å²) in [5.74, 6) is -0.0532. The summed E-state index contributed by atoms with van der Waals surface area (Å²) in [5, 5.41) is 0.528. The molecular weight excluding hydrogens is 457 g/mol. The fourth-order valence-electron chi connectivity index (χ4n) is 5.53. The molecule has 7 nitrogen and oxygen atoms in total. The van der Waals surface area contributed by atoms with Crippen molar-refractivity contribution in [1.29, 1.82) is 0 Å². The number of rotatable bonds is 4. The van der Waals surface area contributed by atoms with Crippen molar-refractivity contribution >= 4 is 28.4 Å². The molecule has 35 heavy (non-hydrogen) atoms. The third kappa shape index (κ3) is 3.90. The van der Waals surface area contributed by atoms with Crippen LogP contribution in [0, 0.1) is 0 Å². The number of nitrogen functional groups attached to an aromatic ring is 1. The van der Waals surface area contributed by atoms with Crippen LogP contribution in [0.2, 0.25) is 0 Å². The van der Waals surface area contributed by atoms with Gasteiger partial charge < -0.3 is 20.1 Å². The Bertz CT molecular complexity index is 1310. The number of likely N-dealkylation sites (tertiary alicyclic amines) is 1. The van der Waals surface area contributed by atoms with E-state index in [0.29, 0.717) is 54.8 Å². The lowest BCUT2D eigenvalue weighted by atomic mass is 9.93. The topological polar surface area (TPSA) is 80.3 Å². The summed E-state index contributed by atoms with van der Waals surface area (Å²) in [5.41, 5.74) is 8.15. The van der Waals surface area contributed by atoms with Gasteiger partial charge in [0.1, 0.15) is 17.8 Å². The number of nitrogens with two attached hydrogens (primary N) is 1. The molecule has 2 aliphatic heterocycles. The molecule has 10 heteroatoms. The van der Waals surface area contributed by atoms with E-state index in [2.05, 4.69) is 16.5 Å². The van der Waals surface area contributed by atoms with Crippen LogP contribution < -0.4 is 10.6 Å². The molecule has 0 radical (unpaired) electrons. The number of nitrogens with zero attached hydrogens (tertiary/aromatic N) is 5. The van der Waals surface area contributed by atoms with Crippen molar-refractivity contribution in [1.82, 2.24) is 19.4 Å². The first-order chi connectivity index (χ1) is 16.7. The van der Waals surface area contributed by atoms with Crippen molar-refractivity contribution in [2.75, 3.05) is 36.8 Å². The van der Waals surface area contributed by atoms with Gasteiger partial charge in [0.15, 0.2) is 0 Å². The molecule has 1 unspecified atom stereocenters. The zero-order chi connectivity index (χ0) is 24.9. The standard InChI is InChI=1S/C25H27F3N6O/c1-3-19(35)34-11-8-16(13-34)22-20(21-23(29)30-14-31-24(21)32(22)2)15-6-7-18(33-9-4-5-10-33)17(12-15)25(26,27)28/h3,6-7,12,14,16H,1,4-5,8-11,13H2,2H3,(H2,29,30,31). The molecule has 184 valence electrons. The number of aromatic nitrogens is 3. The molecule has 0 bridgehead atoms. The van der Waals surface area contributed by atoms with E-state index in [1.807, 2.05) is 11.6 Å². The van der Waals surface area contributed by atoms with Gasteiger partial charge in [-0.1, -0.05) is 12.6 Å². The van der Waals surface area contributed by atoms with E-state index >= 15 is 0 Å². The van der Waals surface area contributed by atoms with E-state index in [1.54, 1.807) is 21.9 Å². The van der Waals surface area contributed by atoms with Crippen LogP contribution in [-0.4, -0.2) is 51.5 Å². The Kier molecular flexibility index (Phi) is 5.69. The zero-order valence-electron chi connectivity index (χ0n) is 19.5. The molecule has 0 saturated carbocycles. The number of hydrogen-bond acceptors (Lipinski definition) is 5. The van der Waals surface area contributed by atoms with Crippen molar-refractivity contribution < 1.29 is 18.0 Å². The Labute approximate surface area is 201 Å². The molecule has 0 aliphatic carbocycles. The average Bonchev–Trinajstić information content (AvgIpc) is 3.58. The van der Waals surface area contributed by atoms with E-state index in [4.69, 9.17) is 5.73 Å². The second-order valence-electron chi connectivity index (χ2n) is 9.17. The monoisotopic (exact) mass is 484 g/mol. The molecule has 1 amide bonds. The molecule has 3 aromatic rings. The second-order valence-corrected chi connectivity index (χ2v) is 9.17. The average molecular weight is 485 g/mol. The van der Waals surface area contributed by atoms with Crippen LogP contribution in [-0.2, 0) is 18.0 Å². The highest BCUT2D eigenvalue weighted by molar-refractivity contribution is 6.03. The SMILES string of the molecule is C=CC(=O)N1CCC(c2c(-c3ccc(N4CCCC4)c(C(F)(F)F)c3)c3c(N)ncnc3n2C)C1. The molecule has 5 rings (SSSR count). The second kappa shape index (κ2) is 8.58. The Hall–Kier alpha value is -3.56. The highest BCUT2D eigenvalue weighted by Crippen LogP contribution is 2.45. The van der Waals surface area contributed by atoms with E-state index in [-0.39, 0.29) is 23.3 Å². The molecule has 1 atom stereocenters. The molecule has 2 aromatic heterocycles. The lowest BCUT2D eigenvalue weighted by molar-refractivity contribution is -0.137. The van der Waals surface area contributed by atoms with Gasteiger partial charge >= 0.3 is 6.18 Å². The fraction of sp³-hybridized carbons (Fsp3) is 0.400. The first kappa shape index (κ1) is 23.2. The van der Waals surface area contributed by atoms with Crippen molar-refractivity contribution in [3.8, 4) is 11.1 Å². The Morgan fingerprint density at radius 2 is 1.94 bits per heavy atom. The van der Waals surface area contributed by atoms with Gasteiger partial charge in [-0.05, 0) is 43.0 Å². The highest BCUT2D eigenvalue weighted by Gasteiger charge is 2.37. The van der Waals surface area contributed by atoms with E-state index in [0.717, 1.165) is 18.5 Å². The Morgan fingerprint density at radius 3 is 2.63 bits per heavy atom. The van der Waals surface area contributed by atoms with E-state index in [9.17, 15) is 18.0 Å². The summed E-state index contributed by atoms with van der Waals surface area (Å²) in [6, 6.07) is 4.52.